The molecule has 3 rings (SSSR count). The number of carbonyl (C=O) groups is 1. The zero-order valence-corrected chi connectivity index (χ0v) is 11.9. The summed E-state index contributed by atoms with van der Waals surface area (Å²) in [5.74, 6) is 0.906. The molecule has 1 N–H and O–H groups in total. The van der Waals surface area contributed by atoms with Gasteiger partial charge in [0.15, 0.2) is 5.76 Å². The predicted octanol–water partition coefficient (Wildman–Crippen LogP) is 3.60. The van der Waals surface area contributed by atoms with E-state index in [4.69, 9.17) is 9.15 Å². The van der Waals surface area contributed by atoms with Crippen molar-refractivity contribution in [3.8, 4) is 17.1 Å². The summed E-state index contributed by atoms with van der Waals surface area (Å²) < 4.78 is 10.6. The van der Waals surface area contributed by atoms with E-state index in [1.54, 1.807) is 31.4 Å². The molecule has 0 fully saturated rings. The highest BCUT2D eigenvalue weighted by molar-refractivity contribution is 6.01. The minimum Gasteiger partial charge on any atom is -0.497 e. The van der Waals surface area contributed by atoms with Gasteiger partial charge in [0.2, 0.25) is 0 Å². The van der Waals surface area contributed by atoms with Crippen LogP contribution in [0.25, 0.3) is 11.3 Å². The fourth-order valence-electron chi connectivity index (χ4n) is 1.97. The molecule has 0 unspecified atom stereocenters. The van der Waals surface area contributed by atoms with Gasteiger partial charge in [0.1, 0.15) is 5.75 Å². The quantitative estimate of drug-likeness (QED) is 0.798. The third-order valence-corrected chi connectivity index (χ3v) is 3.11. The first kappa shape index (κ1) is 13.9. The average Bonchev–Trinajstić information content (AvgIpc) is 3.06. The number of carbonyl (C=O) groups excluding carboxylic acids is 1. The molecule has 2 aromatic carbocycles. The lowest BCUT2D eigenvalue weighted by molar-refractivity contribution is 0.0991. The van der Waals surface area contributed by atoms with Crippen LogP contribution in [0.15, 0.2) is 65.2 Å². The summed E-state index contributed by atoms with van der Waals surface area (Å²) >= 11 is 0. The Hall–Kier alpha value is -3.08. The minimum absolute atomic E-state index is 0.0228. The van der Waals surface area contributed by atoms with E-state index in [0.29, 0.717) is 11.4 Å². The Bertz CT molecular complexity index is 764. The second kappa shape index (κ2) is 6.13. The maximum Gasteiger partial charge on any atom is 0.311 e. The van der Waals surface area contributed by atoms with Crippen LogP contribution in [0.2, 0.25) is 0 Å². The van der Waals surface area contributed by atoms with Crippen LogP contribution in [-0.2, 0) is 0 Å². The molecule has 0 aliphatic heterocycles. The number of oxazole rings is 1. The van der Waals surface area contributed by atoms with Gasteiger partial charge in [-0.3, -0.25) is 4.79 Å². The number of nitrogens with one attached hydrogen (secondary N) is 1. The highest BCUT2D eigenvalue weighted by Crippen LogP contribution is 2.21. The fourth-order valence-corrected chi connectivity index (χ4v) is 1.97. The molecule has 0 saturated carbocycles. The van der Waals surface area contributed by atoms with E-state index >= 15 is 0 Å². The van der Waals surface area contributed by atoms with Crippen molar-refractivity contribution < 1.29 is 13.9 Å². The Morgan fingerprint density at radius 1 is 1.09 bits per heavy atom. The maximum absolute atomic E-state index is 12.1. The molecule has 3 aromatic rings. The van der Waals surface area contributed by atoms with E-state index < -0.39 is 5.91 Å². The van der Waals surface area contributed by atoms with Gasteiger partial charge in [-0.15, -0.1) is 0 Å². The lowest BCUT2D eigenvalue weighted by Crippen LogP contribution is -2.11. The number of benzene rings is 2. The van der Waals surface area contributed by atoms with Crippen LogP contribution in [0.5, 0.6) is 5.75 Å². The Kier molecular flexibility index (Phi) is 3.87. The number of nitrogens with zero attached hydrogens (tertiary/aromatic N) is 1. The van der Waals surface area contributed by atoms with Crippen molar-refractivity contribution in [2.24, 2.45) is 0 Å². The minimum atomic E-state index is -0.396. The molecule has 5 heteroatoms. The smallest absolute Gasteiger partial charge is 0.311 e. The lowest BCUT2D eigenvalue weighted by atomic mass is 10.2. The Morgan fingerprint density at radius 2 is 1.82 bits per heavy atom. The van der Waals surface area contributed by atoms with E-state index in [1.807, 2.05) is 30.3 Å². The molecule has 0 bridgehead atoms. The molecule has 1 aromatic heterocycles. The van der Waals surface area contributed by atoms with Crippen LogP contribution in [0.4, 0.5) is 5.69 Å². The van der Waals surface area contributed by atoms with E-state index in [2.05, 4.69) is 10.3 Å². The maximum atomic E-state index is 12.1. The summed E-state index contributed by atoms with van der Waals surface area (Å²) in [5.41, 5.74) is 1.52. The van der Waals surface area contributed by atoms with Gasteiger partial charge >= 0.3 is 5.91 Å². The van der Waals surface area contributed by atoms with E-state index in [9.17, 15) is 4.79 Å². The monoisotopic (exact) mass is 294 g/mol. The van der Waals surface area contributed by atoms with Gasteiger partial charge < -0.3 is 14.5 Å². The number of anilines is 1. The summed E-state index contributed by atoms with van der Waals surface area (Å²) in [6.45, 7) is 0. The molecule has 0 saturated heterocycles. The molecule has 5 nitrogen and oxygen atoms in total. The van der Waals surface area contributed by atoms with Gasteiger partial charge in [-0.2, -0.15) is 0 Å². The molecule has 110 valence electrons. The van der Waals surface area contributed by atoms with E-state index in [1.165, 1.54) is 6.20 Å². The largest absolute Gasteiger partial charge is 0.497 e. The van der Waals surface area contributed by atoms with Gasteiger partial charge in [0, 0.05) is 11.3 Å². The standard InChI is InChI=1S/C17H14N2O3/c1-21-14-9-7-13(8-10-14)19-16(20)17-18-11-15(22-17)12-5-3-2-4-6-12/h2-11H,1H3,(H,19,20). The van der Waals surface area contributed by atoms with Crippen LogP contribution >= 0.6 is 0 Å². The van der Waals surface area contributed by atoms with E-state index in [-0.39, 0.29) is 5.89 Å². The lowest BCUT2D eigenvalue weighted by Gasteiger charge is -2.04. The van der Waals surface area contributed by atoms with Crippen LogP contribution < -0.4 is 10.1 Å². The first-order valence-corrected chi connectivity index (χ1v) is 6.73. The highest BCUT2D eigenvalue weighted by Gasteiger charge is 2.14. The van der Waals surface area contributed by atoms with Crippen LogP contribution in [0.3, 0.4) is 0 Å². The summed E-state index contributed by atoms with van der Waals surface area (Å²) in [5, 5.41) is 2.72. The van der Waals surface area contributed by atoms with Gasteiger partial charge in [0.05, 0.1) is 13.3 Å². The topological polar surface area (TPSA) is 64.4 Å². The first-order chi connectivity index (χ1) is 10.8. The second-order valence-corrected chi connectivity index (χ2v) is 4.58. The Balaban J connectivity index is 1.74. The Labute approximate surface area is 127 Å². The van der Waals surface area contributed by atoms with Gasteiger partial charge in [-0.05, 0) is 24.3 Å². The number of hydrogen-bond donors (Lipinski definition) is 1. The number of methoxy groups -OCH3 is 1. The molecular formula is C17H14N2O3. The fraction of sp³-hybridized carbons (Fsp3) is 0.0588. The van der Waals surface area contributed by atoms with Crippen molar-refractivity contribution in [1.82, 2.24) is 4.98 Å². The zero-order valence-electron chi connectivity index (χ0n) is 11.9. The number of rotatable bonds is 4. The molecule has 1 heterocycles. The molecule has 1 amide bonds. The highest BCUT2D eigenvalue weighted by atomic mass is 16.5. The molecular weight excluding hydrogens is 280 g/mol. The third-order valence-electron chi connectivity index (χ3n) is 3.11. The molecule has 0 aliphatic rings. The van der Waals surface area contributed by atoms with E-state index in [0.717, 1.165) is 11.3 Å². The van der Waals surface area contributed by atoms with Crippen LogP contribution in [-0.4, -0.2) is 18.0 Å². The second-order valence-electron chi connectivity index (χ2n) is 4.58. The summed E-state index contributed by atoms with van der Waals surface area (Å²) in [7, 11) is 1.59. The van der Waals surface area contributed by atoms with Crippen molar-refractivity contribution in [3.05, 3.63) is 66.7 Å². The molecule has 0 spiro atoms. The van der Waals surface area contributed by atoms with Crippen molar-refractivity contribution in [2.75, 3.05) is 12.4 Å². The predicted molar refractivity (Wildman–Crippen MR) is 82.9 cm³/mol. The van der Waals surface area contributed by atoms with Crippen molar-refractivity contribution in [3.63, 3.8) is 0 Å². The van der Waals surface area contributed by atoms with Crippen LogP contribution in [0.1, 0.15) is 10.7 Å². The number of hydrogen-bond acceptors (Lipinski definition) is 4. The van der Waals surface area contributed by atoms with Crippen LogP contribution in [0, 0.1) is 0 Å². The summed E-state index contributed by atoms with van der Waals surface area (Å²) in [6.07, 6.45) is 1.54. The third kappa shape index (κ3) is 2.98. The van der Waals surface area contributed by atoms with Crippen molar-refractivity contribution >= 4 is 11.6 Å². The SMILES string of the molecule is COc1ccc(NC(=O)c2ncc(-c3ccccc3)o2)cc1. The van der Waals surface area contributed by atoms with Crippen molar-refractivity contribution in [2.45, 2.75) is 0 Å². The van der Waals surface area contributed by atoms with Gasteiger partial charge in [-0.1, -0.05) is 30.3 Å². The number of amides is 1. The average molecular weight is 294 g/mol. The Morgan fingerprint density at radius 3 is 2.50 bits per heavy atom. The molecule has 0 aliphatic carbocycles. The molecule has 0 radical (unpaired) electrons. The summed E-state index contributed by atoms with van der Waals surface area (Å²) in [6, 6.07) is 16.5. The number of aromatic nitrogens is 1. The van der Waals surface area contributed by atoms with Crippen molar-refractivity contribution in [1.29, 1.82) is 0 Å². The molecule has 0 atom stereocenters. The zero-order chi connectivity index (χ0) is 15.4. The number of ether oxygens (including phenoxy) is 1. The molecule has 22 heavy (non-hydrogen) atoms. The van der Waals surface area contributed by atoms with Gasteiger partial charge in [0.25, 0.3) is 5.89 Å². The summed E-state index contributed by atoms with van der Waals surface area (Å²) in [4.78, 5) is 16.1. The van der Waals surface area contributed by atoms with Gasteiger partial charge in [-0.25, -0.2) is 4.98 Å². The normalized spacial score (nSPS) is 10.2. The first-order valence-electron chi connectivity index (χ1n) is 6.73.